The van der Waals surface area contributed by atoms with Gasteiger partial charge in [0.25, 0.3) is 0 Å². The molecule has 0 amide bonds. The van der Waals surface area contributed by atoms with Crippen molar-refractivity contribution in [1.82, 2.24) is 0 Å². The summed E-state index contributed by atoms with van der Waals surface area (Å²) in [5.74, 6) is -1.03. The van der Waals surface area contributed by atoms with E-state index in [0.717, 1.165) is 5.57 Å². The molecule has 1 aliphatic rings. The second-order valence-electron chi connectivity index (χ2n) is 4.32. The first-order chi connectivity index (χ1) is 6.41. The van der Waals surface area contributed by atoms with Crippen LogP contribution in [0.5, 0.6) is 0 Å². The second-order valence-corrected chi connectivity index (χ2v) is 4.32. The first-order valence-corrected chi connectivity index (χ1v) is 4.50. The van der Waals surface area contributed by atoms with Crippen LogP contribution in [0.3, 0.4) is 0 Å². The number of hydrogen-bond acceptors (Lipinski definition) is 3. The van der Waals surface area contributed by atoms with Gasteiger partial charge in [-0.25, -0.2) is 0 Å². The maximum Gasteiger partial charge on any atom is 0.307 e. The molecule has 1 saturated carbocycles. The number of nitrogens with zero attached hydrogens (tertiary/aromatic N) is 1. The van der Waals surface area contributed by atoms with E-state index in [-0.39, 0.29) is 17.3 Å². The van der Waals surface area contributed by atoms with Crippen molar-refractivity contribution < 1.29 is 15.1 Å². The van der Waals surface area contributed by atoms with E-state index in [1.807, 2.05) is 19.9 Å². The monoisotopic (exact) mass is 197 g/mol. The maximum atomic E-state index is 10.8. The van der Waals surface area contributed by atoms with Crippen molar-refractivity contribution in [3.63, 3.8) is 0 Å². The summed E-state index contributed by atoms with van der Waals surface area (Å²) in [6, 6.07) is 0. The molecule has 0 aromatic carbocycles. The molecule has 2 atom stereocenters. The van der Waals surface area contributed by atoms with Gasteiger partial charge in [0.05, 0.1) is 12.1 Å². The minimum atomic E-state index is -0.759. The minimum Gasteiger partial charge on any atom is -0.481 e. The third kappa shape index (κ3) is 1.78. The first-order valence-electron chi connectivity index (χ1n) is 4.50. The Morgan fingerprint density at radius 1 is 1.50 bits per heavy atom. The van der Waals surface area contributed by atoms with Crippen LogP contribution < -0.4 is 0 Å². The molecule has 0 spiro atoms. The van der Waals surface area contributed by atoms with E-state index < -0.39 is 5.97 Å². The van der Waals surface area contributed by atoms with Crippen LogP contribution in [0.15, 0.2) is 16.8 Å². The molecule has 0 bridgehead atoms. The van der Waals surface area contributed by atoms with Crippen LogP contribution in [-0.2, 0) is 4.79 Å². The average Bonchev–Trinajstić information content (AvgIpc) is 2.53. The van der Waals surface area contributed by atoms with Crippen molar-refractivity contribution in [1.29, 1.82) is 0 Å². The zero-order valence-corrected chi connectivity index (χ0v) is 8.56. The molecule has 4 nitrogen and oxygen atoms in total. The van der Waals surface area contributed by atoms with Crippen molar-refractivity contribution in [2.45, 2.75) is 20.8 Å². The molecule has 0 aromatic heterocycles. The lowest BCUT2D eigenvalue weighted by atomic mass is 10.1. The number of carboxylic acid groups (broad SMARTS) is 1. The van der Waals surface area contributed by atoms with Crippen LogP contribution in [0.4, 0.5) is 0 Å². The molecule has 4 heteroatoms. The standard InChI is InChI=1S/C10H15NO3/c1-6(5-11-14)4-7-8(9(12)13)10(7,2)3/h4-5,7-8,14H,1-3H3,(H,12,13)/b6-4+,11-5+/t7?,8-/m0/s1. The zero-order valence-electron chi connectivity index (χ0n) is 8.56. The van der Waals surface area contributed by atoms with Crippen molar-refractivity contribution in [3.8, 4) is 0 Å². The van der Waals surface area contributed by atoms with Crippen LogP contribution in [0, 0.1) is 17.3 Å². The molecule has 2 N–H and O–H groups in total. The molecule has 0 aliphatic heterocycles. The van der Waals surface area contributed by atoms with Gasteiger partial charge in [0.2, 0.25) is 0 Å². The summed E-state index contributed by atoms with van der Waals surface area (Å²) in [6.45, 7) is 5.64. The Bertz CT molecular complexity index is 304. The van der Waals surface area contributed by atoms with Gasteiger partial charge >= 0.3 is 5.97 Å². The number of carbonyl (C=O) groups is 1. The molecule has 1 unspecified atom stereocenters. The highest BCUT2D eigenvalue weighted by atomic mass is 16.4. The summed E-state index contributed by atoms with van der Waals surface area (Å²) in [7, 11) is 0. The summed E-state index contributed by atoms with van der Waals surface area (Å²) in [4.78, 5) is 10.8. The average molecular weight is 197 g/mol. The van der Waals surface area contributed by atoms with Crippen LogP contribution in [0.25, 0.3) is 0 Å². The molecular weight excluding hydrogens is 182 g/mol. The van der Waals surface area contributed by atoms with E-state index in [1.165, 1.54) is 6.21 Å². The fourth-order valence-electron chi connectivity index (χ4n) is 1.88. The Balaban J connectivity index is 2.75. The molecule has 1 fully saturated rings. The minimum absolute atomic E-state index is 0.0398. The Labute approximate surface area is 82.9 Å². The van der Waals surface area contributed by atoms with E-state index in [9.17, 15) is 4.79 Å². The van der Waals surface area contributed by atoms with Crippen LogP contribution in [0.1, 0.15) is 20.8 Å². The normalized spacial score (nSPS) is 30.6. The van der Waals surface area contributed by atoms with Crippen molar-refractivity contribution in [2.75, 3.05) is 0 Å². The number of carboxylic acids is 1. The number of oxime groups is 1. The largest absolute Gasteiger partial charge is 0.481 e. The van der Waals surface area contributed by atoms with Crippen LogP contribution in [-0.4, -0.2) is 22.5 Å². The summed E-state index contributed by atoms with van der Waals surface area (Å²) >= 11 is 0. The summed E-state index contributed by atoms with van der Waals surface area (Å²) < 4.78 is 0. The smallest absolute Gasteiger partial charge is 0.307 e. The number of hydrogen-bond donors (Lipinski definition) is 2. The Morgan fingerprint density at radius 2 is 2.07 bits per heavy atom. The molecule has 0 saturated heterocycles. The van der Waals surface area contributed by atoms with Gasteiger partial charge in [0.1, 0.15) is 0 Å². The summed E-state index contributed by atoms with van der Waals surface area (Å²) in [5.41, 5.74) is 0.602. The summed E-state index contributed by atoms with van der Waals surface area (Å²) in [5, 5.41) is 20.1. The van der Waals surface area contributed by atoms with Gasteiger partial charge in [0, 0.05) is 0 Å². The fraction of sp³-hybridized carbons (Fsp3) is 0.600. The lowest BCUT2D eigenvalue weighted by Crippen LogP contribution is -2.03. The maximum absolute atomic E-state index is 10.8. The molecular formula is C10H15NO3. The van der Waals surface area contributed by atoms with E-state index in [1.54, 1.807) is 6.92 Å². The number of rotatable bonds is 3. The van der Waals surface area contributed by atoms with Gasteiger partial charge in [-0.15, -0.1) is 0 Å². The van der Waals surface area contributed by atoms with Crippen molar-refractivity contribution in [3.05, 3.63) is 11.6 Å². The molecule has 0 heterocycles. The molecule has 1 aliphatic carbocycles. The van der Waals surface area contributed by atoms with Crippen LogP contribution in [0.2, 0.25) is 0 Å². The predicted octanol–water partition coefficient (Wildman–Crippen LogP) is 1.75. The summed E-state index contributed by atoms with van der Waals surface area (Å²) in [6.07, 6.45) is 3.16. The van der Waals surface area contributed by atoms with E-state index in [4.69, 9.17) is 10.3 Å². The molecule has 0 aromatic rings. The highest BCUT2D eigenvalue weighted by molar-refractivity contribution is 5.80. The third-order valence-corrected chi connectivity index (χ3v) is 2.88. The van der Waals surface area contributed by atoms with E-state index in [2.05, 4.69) is 5.16 Å². The predicted molar refractivity (Wildman–Crippen MR) is 52.4 cm³/mol. The van der Waals surface area contributed by atoms with Gasteiger partial charge in [-0.2, -0.15) is 0 Å². The first kappa shape index (κ1) is 10.8. The SMILES string of the molecule is CC(/C=N/O)=C\C1[C@@H](C(=O)O)C1(C)C. The Kier molecular flexibility index (Phi) is 2.64. The second kappa shape index (κ2) is 3.44. The number of aliphatic carboxylic acids is 1. The molecule has 78 valence electrons. The van der Waals surface area contributed by atoms with Crippen molar-refractivity contribution >= 4 is 12.2 Å². The van der Waals surface area contributed by atoms with Gasteiger partial charge < -0.3 is 10.3 Å². The Hall–Kier alpha value is -1.32. The highest BCUT2D eigenvalue weighted by Gasteiger charge is 2.60. The van der Waals surface area contributed by atoms with E-state index >= 15 is 0 Å². The topological polar surface area (TPSA) is 69.9 Å². The highest BCUT2D eigenvalue weighted by Crippen LogP contribution is 2.59. The fourth-order valence-corrected chi connectivity index (χ4v) is 1.88. The third-order valence-electron chi connectivity index (χ3n) is 2.88. The lowest BCUT2D eigenvalue weighted by Gasteiger charge is -1.97. The zero-order chi connectivity index (χ0) is 10.9. The molecule has 14 heavy (non-hydrogen) atoms. The van der Waals surface area contributed by atoms with Gasteiger partial charge in [0.15, 0.2) is 0 Å². The van der Waals surface area contributed by atoms with Gasteiger partial charge in [-0.05, 0) is 23.8 Å². The molecule has 0 radical (unpaired) electrons. The Morgan fingerprint density at radius 3 is 2.43 bits per heavy atom. The number of allylic oxidation sites excluding steroid dienone is 2. The van der Waals surface area contributed by atoms with E-state index in [0.29, 0.717) is 0 Å². The molecule has 1 rings (SSSR count). The van der Waals surface area contributed by atoms with Crippen LogP contribution >= 0.6 is 0 Å². The van der Waals surface area contributed by atoms with Crippen molar-refractivity contribution in [2.24, 2.45) is 22.4 Å². The van der Waals surface area contributed by atoms with Gasteiger partial charge in [-0.3, -0.25) is 4.79 Å². The quantitative estimate of drug-likeness (QED) is 0.411. The lowest BCUT2D eigenvalue weighted by molar-refractivity contribution is -0.139. The van der Waals surface area contributed by atoms with Gasteiger partial charge in [-0.1, -0.05) is 25.1 Å².